The van der Waals surface area contributed by atoms with Crippen LogP contribution >= 0.6 is 0 Å². The van der Waals surface area contributed by atoms with E-state index in [0.717, 1.165) is 11.0 Å². The van der Waals surface area contributed by atoms with Crippen molar-refractivity contribution in [2.45, 2.75) is 26.5 Å². The fourth-order valence-corrected chi connectivity index (χ4v) is 1.48. The number of hydrogen-bond donors (Lipinski definition) is 1. The molecule has 2 aromatic rings. The monoisotopic (exact) mass is 191 g/mol. The molecule has 2 heterocycles. The number of aliphatic hydroxyl groups excluding tert-OH is 1. The standard InChI is InChI=1S/C10H13N3O/c1-7(2)13-10-4-3-8(6-14)12-9(10)5-11-13/h3-5,7,14H,6H2,1-2H3. The van der Waals surface area contributed by atoms with Crippen LogP contribution in [0.25, 0.3) is 11.0 Å². The molecule has 0 aliphatic heterocycles. The fraction of sp³-hybridized carbons (Fsp3) is 0.400. The molecule has 4 nitrogen and oxygen atoms in total. The highest BCUT2D eigenvalue weighted by Gasteiger charge is 2.06. The summed E-state index contributed by atoms with van der Waals surface area (Å²) in [7, 11) is 0. The van der Waals surface area contributed by atoms with Gasteiger partial charge in [-0.25, -0.2) is 4.98 Å². The third-order valence-electron chi connectivity index (χ3n) is 2.16. The molecule has 0 aromatic carbocycles. The Morgan fingerprint density at radius 3 is 2.86 bits per heavy atom. The second-order valence-corrected chi connectivity index (χ2v) is 3.55. The lowest BCUT2D eigenvalue weighted by atomic mass is 10.3. The molecule has 0 amide bonds. The van der Waals surface area contributed by atoms with Crippen molar-refractivity contribution in [3.05, 3.63) is 24.0 Å². The van der Waals surface area contributed by atoms with Crippen LogP contribution < -0.4 is 0 Å². The summed E-state index contributed by atoms with van der Waals surface area (Å²) in [6.45, 7) is 4.13. The molecular weight excluding hydrogens is 178 g/mol. The van der Waals surface area contributed by atoms with Gasteiger partial charge < -0.3 is 5.11 Å². The molecular formula is C10H13N3O. The highest BCUT2D eigenvalue weighted by molar-refractivity contribution is 5.74. The van der Waals surface area contributed by atoms with Crippen LogP contribution in [0.2, 0.25) is 0 Å². The second-order valence-electron chi connectivity index (χ2n) is 3.55. The molecule has 2 aromatic heterocycles. The van der Waals surface area contributed by atoms with Gasteiger partial charge in [-0.2, -0.15) is 5.10 Å². The van der Waals surface area contributed by atoms with Gasteiger partial charge in [-0.05, 0) is 26.0 Å². The van der Waals surface area contributed by atoms with Crippen LogP contribution in [0, 0.1) is 0 Å². The first kappa shape index (κ1) is 9.15. The molecule has 4 heteroatoms. The average molecular weight is 191 g/mol. The first-order chi connectivity index (χ1) is 6.72. The third kappa shape index (κ3) is 1.37. The lowest BCUT2D eigenvalue weighted by molar-refractivity contribution is 0.277. The van der Waals surface area contributed by atoms with Gasteiger partial charge in [-0.15, -0.1) is 0 Å². The Morgan fingerprint density at radius 2 is 2.21 bits per heavy atom. The van der Waals surface area contributed by atoms with Crippen molar-refractivity contribution in [3.8, 4) is 0 Å². The summed E-state index contributed by atoms with van der Waals surface area (Å²) in [4.78, 5) is 4.26. The number of aromatic nitrogens is 3. The van der Waals surface area contributed by atoms with Crippen molar-refractivity contribution in [2.75, 3.05) is 0 Å². The maximum atomic E-state index is 8.92. The van der Waals surface area contributed by atoms with E-state index in [4.69, 9.17) is 5.11 Å². The Balaban J connectivity index is 2.59. The molecule has 0 atom stereocenters. The van der Waals surface area contributed by atoms with Crippen LogP contribution in [-0.4, -0.2) is 19.9 Å². The molecule has 0 saturated carbocycles. The van der Waals surface area contributed by atoms with Gasteiger partial charge >= 0.3 is 0 Å². The lowest BCUT2D eigenvalue weighted by Crippen LogP contribution is -2.02. The van der Waals surface area contributed by atoms with Gasteiger partial charge in [0, 0.05) is 6.04 Å². The Morgan fingerprint density at radius 1 is 1.43 bits per heavy atom. The maximum absolute atomic E-state index is 8.92. The van der Waals surface area contributed by atoms with Gasteiger partial charge in [0.2, 0.25) is 0 Å². The Labute approximate surface area is 82.2 Å². The molecule has 0 aliphatic carbocycles. The minimum absolute atomic E-state index is 0.0250. The number of rotatable bonds is 2. The smallest absolute Gasteiger partial charge is 0.109 e. The van der Waals surface area contributed by atoms with Gasteiger partial charge in [0.1, 0.15) is 5.52 Å². The Bertz CT molecular complexity index is 448. The van der Waals surface area contributed by atoms with Crippen molar-refractivity contribution in [1.29, 1.82) is 0 Å². The first-order valence-corrected chi connectivity index (χ1v) is 4.66. The lowest BCUT2D eigenvalue weighted by Gasteiger charge is -2.06. The van der Waals surface area contributed by atoms with E-state index >= 15 is 0 Å². The summed E-state index contributed by atoms with van der Waals surface area (Å²) < 4.78 is 1.92. The van der Waals surface area contributed by atoms with Crippen LogP contribution in [0.3, 0.4) is 0 Å². The molecule has 0 aliphatic rings. The molecule has 0 radical (unpaired) electrons. The van der Waals surface area contributed by atoms with Crippen molar-refractivity contribution >= 4 is 11.0 Å². The summed E-state index contributed by atoms with van der Waals surface area (Å²) >= 11 is 0. The number of fused-ring (bicyclic) bond motifs is 1. The number of pyridine rings is 1. The SMILES string of the molecule is CC(C)n1ncc2nc(CO)ccc21. The predicted molar refractivity (Wildman–Crippen MR) is 53.8 cm³/mol. The molecule has 74 valence electrons. The van der Waals surface area contributed by atoms with E-state index in [1.807, 2.05) is 16.8 Å². The van der Waals surface area contributed by atoms with Gasteiger partial charge in [0.15, 0.2) is 0 Å². The fourth-order valence-electron chi connectivity index (χ4n) is 1.48. The van der Waals surface area contributed by atoms with E-state index in [9.17, 15) is 0 Å². The van der Waals surface area contributed by atoms with Crippen molar-refractivity contribution in [1.82, 2.24) is 14.8 Å². The van der Waals surface area contributed by atoms with Gasteiger partial charge in [-0.1, -0.05) is 0 Å². The molecule has 14 heavy (non-hydrogen) atoms. The van der Waals surface area contributed by atoms with Crippen molar-refractivity contribution in [2.24, 2.45) is 0 Å². The summed E-state index contributed by atoms with van der Waals surface area (Å²) in [5.41, 5.74) is 2.53. The predicted octanol–water partition coefficient (Wildman–Crippen LogP) is 1.50. The zero-order chi connectivity index (χ0) is 10.1. The minimum Gasteiger partial charge on any atom is -0.390 e. The highest BCUT2D eigenvalue weighted by atomic mass is 16.3. The van der Waals surface area contributed by atoms with Crippen molar-refractivity contribution in [3.63, 3.8) is 0 Å². The molecule has 1 N–H and O–H groups in total. The van der Waals surface area contributed by atoms with Crippen molar-refractivity contribution < 1.29 is 5.11 Å². The van der Waals surface area contributed by atoms with Crippen LogP contribution in [0.4, 0.5) is 0 Å². The first-order valence-electron chi connectivity index (χ1n) is 4.66. The van der Waals surface area contributed by atoms with Gasteiger partial charge in [0.05, 0.1) is 24.0 Å². The molecule has 2 rings (SSSR count). The highest BCUT2D eigenvalue weighted by Crippen LogP contribution is 2.16. The third-order valence-corrected chi connectivity index (χ3v) is 2.16. The van der Waals surface area contributed by atoms with Crippen LogP contribution in [-0.2, 0) is 6.61 Å². The molecule has 0 saturated heterocycles. The number of aliphatic hydroxyl groups is 1. The quantitative estimate of drug-likeness (QED) is 0.782. The number of nitrogens with zero attached hydrogens (tertiary/aromatic N) is 3. The number of hydrogen-bond acceptors (Lipinski definition) is 3. The van der Waals surface area contributed by atoms with E-state index in [2.05, 4.69) is 23.9 Å². The van der Waals surface area contributed by atoms with E-state index in [1.54, 1.807) is 6.20 Å². The molecule has 0 fully saturated rings. The average Bonchev–Trinajstić information content (AvgIpc) is 2.59. The van der Waals surface area contributed by atoms with E-state index < -0.39 is 0 Å². The zero-order valence-corrected chi connectivity index (χ0v) is 8.31. The summed E-state index contributed by atoms with van der Waals surface area (Å²) in [5.74, 6) is 0. The molecule has 0 unspecified atom stereocenters. The van der Waals surface area contributed by atoms with Gasteiger partial charge in [0.25, 0.3) is 0 Å². The van der Waals surface area contributed by atoms with Crippen LogP contribution in [0.15, 0.2) is 18.3 Å². The van der Waals surface area contributed by atoms with Crippen LogP contribution in [0.1, 0.15) is 25.6 Å². The molecule has 0 bridgehead atoms. The maximum Gasteiger partial charge on any atom is 0.109 e. The Kier molecular flexibility index (Phi) is 2.21. The largest absolute Gasteiger partial charge is 0.390 e. The second kappa shape index (κ2) is 3.38. The normalized spacial score (nSPS) is 11.4. The summed E-state index contributed by atoms with van der Waals surface area (Å²) in [6, 6.07) is 4.10. The summed E-state index contributed by atoms with van der Waals surface area (Å²) in [5, 5.41) is 13.2. The van der Waals surface area contributed by atoms with Crippen LogP contribution in [0.5, 0.6) is 0 Å². The van der Waals surface area contributed by atoms with E-state index in [1.165, 1.54) is 0 Å². The molecule has 0 spiro atoms. The Hall–Kier alpha value is -1.42. The zero-order valence-electron chi connectivity index (χ0n) is 8.31. The van der Waals surface area contributed by atoms with Gasteiger partial charge in [-0.3, -0.25) is 4.68 Å². The van der Waals surface area contributed by atoms with E-state index in [0.29, 0.717) is 11.7 Å². The minimum atomic E-state index is -0.0250. The van der Waals surface area contributed by atoms with E-state index in [-0.39, 0.29) is 6.61 Å². The summed E-state index contributed by atoms with van der Waals surface area (Å²) in [6.07, 6.45) is 1.73. The topological polar surface area (TPSA) is 50.9 Å².